The second-order valence-electron chi connectivity index (χ2n) is 7.49. The number of aliphatic hydroxyl groups is 1. The summed E-state index contributed by atoms with van der Waals surface area (Å²) in [6.07, 6.45) is 0.779. The monoisotopic (exact) mass is 374 g/mol. The van der Waals surface area contributed by atoms with Gasteiger partial charge in [0.05, 0.1) is 0 Å². The molecule has 1 aliphatic rings. The highest BCUT2D eigenvalue weighted by Crippen LogP contribution is 2.53. The van der Waals surface area contributed by atoms with Gasteiger partial charge in [-0.05, 0) is 35.6 Å². The number of methoxy groups -OCH3 is 2. The number of hydrogen-bond donors (Lipinski definition) is 1. The smallest absolute Gasteiger partial charge is 0.191 e. The van der Waals surface area contributed by atoms with Crippen LogP contribution in [0.5, 0.6) is 0 Å². The molecule has 0 bridgehead atoms. The minimum Gasteiger partial charge on any atom is -0.380 e. The van der Waals surface area contributed by atoms with Crippen molar-refractivity contribution in [1.82, 2.24) is 0 Å². The zero-order chi connectivity index (χ0) is 19.8. The van der Waals surface area contributed by atoms with E-state index < -0.39 is 11.4 Å². The Kier molecular flexibility index (Phi) is 4.84. The minimum absolute atomic E-state index is 0.0924. The second-order valence-corrected chi connectivity index (χ2v) is 7.49. The van der Waals surface area contributed by atoms with Gasteiger partial charge in [-0.3, -0.25) is 0 Å². The van der Waals surface area contributed by atoms with Gasteiger partial charge in [0.25, 0.3) is 0 Å². The van der Waals surface area contributed by atoms with Gasteiger partial charge in [0, 0.05) is 25.7 Å². The largest absolute Gasteiger partial charge is 0.380 e. The van der Waals surface area contributed by atoms with Crippen molar-refractivity contribution in [2.24, 2.45) is 0 Å². The predicted octanol–water partition coefficient (Wildman–Crippen LogP) is 4.73. The zero-order valence-corrected chi connectivity index (χ0v) is 16.6. The normalized spacial score (nSPS) is 21.5. The number of ether oxygens (including phenoxy) is 2. The molecule has 3 heteroatoms. The van der Waals surface area contributed by atoms with Crippen molar-refractivity contribution >= 4 is 0 Å². The van der Waals surface area contributed by atoms with E-state index >= 15 is 0 Å². The second kappa shape index (κ2) is 7.17. The van der Waals surface area contributed by atoms with Crippen LogP contribution in [0.2, 0.25) is 0 Å². The molecule has 0 heterocycles. The van der Waals surface area contributed by atoms with Gasteiger partial charge in [0.1, 0.15) is 5.60 Å². The summed E-state index contributed by atoms with van der Waals surface area (Å²) >= 11 is 0. The maximum absolute atomic E-state index is 12.4. The van der Waals surface area contributed by atoms with Gasteiger partial charge in [-0.25, -0.2) is 0 Å². The molecule has 3 nitrogen and oxygen atoms in total. The van der Waals surface area contributed by atoms with Gasteiger partial charge in [-0.2, -0.15) is 0 Å². The molecule has 0 amide bonds. The van der Waals surface area contributed by atoms with Crippen LogP contribution in [0.1, 0.15) is 40.7 Å². The van der Waals surface area contributed by atoms with E-state index in [9.17, 15) is 5.11 Å². The van der Waals surface area contributed by atoms with Crippen LogP contribution in [0, 0.1) is 0 Å². The van der Waals surface area contributed by atoms with Crippen LogP contribution in [0.25, 0.3) is 0 Å². The van der Waals surface area contributed by atoms with Crippen LogP contribution in [-0.2, 0) is 27.3 Å². The van der Waals surface area contributed by atoms with Gasteiger partial charge in [-0.15, -0.1) is 0 Å². The van der Waals surface area contributed by atoms with E-state index in [-0.39, 0.29) is 5.92 Å². The average Bonchev–Trinajstić information content (AvgIpc) is 3.07. The van der Waals surface area contributed by atoms with E-state index in [4.69, 9.17) is 9.47 Å². The van der Waals surface area contributed by atoms with Crippen LogP contribution >= 0.6 is 0 Å². The third-order valence-corrected chi connectivity index (χ3v) is 6.16. The first kappa shape index (κ1) is 18.9. The Bertz CT molecular complexity index is 962. The van der Waals surface area contributed by atoms with Crippen molar-refractivity contribution in [3.05, 3.63) is 107 Å². The first-order valence-corrected chi connectivity index (χ1v) is 9.60. The highest BCUT2D eigenvalue weighted by molar-refractivity contribution is 5.53. The quantitative estimate of drug-likeness (QED) is 0.656. The number of rotatable bonds is 5. The number of fused-ring (bicyclic) bond motifs is 1. The lowest BCUT2D eigenvalue weighted by molar-refractivity contribution is -0.203. The summed E-state index contributed by atoms with van der Waals surface area (Å²) < 4.78 is 11.4. The molecule has 2 atom stereocenters. The summed E-state index contributed by atoms with van der Waals surface area (Å²) in [4.78, 5) is 0. The summed E-state index contributed by atoms with van der Waals surface area (Å²) in [5.41, 5.74) is 3.72. The lowest BCUT2D eigenvalue weighted by Crippen LogP contribution is -2.37. The summed E-state index contributed by atoms with van der Waals surface area (Å²) in [6.45, 7) is 1.88. The molecular formula is C25H26O3. The molecule has 0 aromatic heterocycles. The standard InChI is InChI=1S/C25H26O3/c1-24(27-2,28-3)21-15-9-10-16-22(21)25(26)20-14-8-7-13-19(20)17-23(25)18-11-5-4-6-12-18/h4-16,23,26H,17H2,1-3H3. The molecule has 3 aromatic carbocycles. The van der Waals surface area contributed by atoms with Crippen LogP contribution in [0.4, 0.5) is 0 Å². The molecule has 1 aliphatic carbocycles. The minimum atomic E-state index is -1.17. The van der Waals surface area contributed by atoms with E-state index in [2.05, 4.69) is 18.2 Å². The van der Waals surface area contributed by atoms with Gasteiger partial charge in [-0.1, -0.05) is 78.9 Å². The average molecular weight is 374 g/mol. The maximum Gasteiger partial charge on any atom is 0.191 e. The third kappa shape index (κ3) is 2.78. The molecule has 1 N–H and O–H groups in total. The molecule has 28 heavy (non-hydrogen) atoms. The van der Waals surface area contributed by atoms with Crippen LogP contribution < -0.4 is 0 Å². The summed E-state index contributed by atoms with van der Waals surface area (Å²) in [5, 5.41) is 12.4. The molecule has 0 radical (unpaired) electrons. The highest BCUT2D eigenvalue weighted by atomic mass is 16.7. The number of benzene rings is 3. The lowest BCUT2D eigenvalue weighted by atomic mass is 9.75. The molecule has 4 rings (SSSR count). The van der Waals surface area contributed by atoms with Gasteiger partial charge < -0.3 is 14.6 Å². The van der Waals surface area contributed by atoms with Crippen molar-refractivity contribution in [3.63, 3.8) is 0 Å². The predicted molar refractivity (Wildman–Crippen MR) is 110 cm³/mol. The van der Waals surface area contributed by atoms with E-state index in [1.165, 1.54) is 5.56 Å². The summed E-state index contributed by atoms with van der Waals surface area (Å²) in [6, 6.07) is 26.3. The molecule has 0 aliphatic heterocycles. The Morgan fingerprint density at radius 2 is 1.39 bits per heavy atom. The Balaban J connectivity index is 1.98. The van der Waals surface area contributed by atoms with Crippen LogP contribution in [0.15, 0.2) is 78.9 Å². The van der Waals surface area contributed by atoms with Crippen LogP contribution in [0.3, 0.4) is 0 Å². The van der Waals surface area contributed by atoms with Crippen molar-refractivity contribution < 1.29 is 14.6 Å². The molecule has 2 unspecified atom stereocenters. The van der Waals surface area contributed by atoms with Gasteiger partial charge in [0.2, 0.25) is 0 Å². The Morgan fingerprint density at radius 3 is 2.07 bits per heavy atom. The fourth-order valence-corrected chi connectivity index (χ4v) is 4.52. The third-order valence-electron chi connectivity index (χ3n) is 6.16. The first-order valence-electron chi connectivity index (χ1n) is 9.60. The van der Waals surface area contributed by atoms with Crippen molar-refractivity contribution in [2.45, 2.75) is 30.7 Å². The van der Waals surface area contributed by atoms with Gasteiger partial charge >= 0.3 is 0 Å². The molecular weight excluding hydrogens is 348 g/mol. The van der Waals surface area contributed by atoms with Gasteiger partial charge in [0.15, 0.2) is 5.79 Å². The van der Waals surface area contributed by atoms with Crippen LogP contribution in [-0.4, -0.2) is 19.3 Å². The van der Waals surface area contributed by atoms with Crippen molar-refractivity contribution in [2.75, 3.05) is 14.2 Å². The highest BCUT2D eigenvalue weighted by Gasteiger charge is 2.49. The molecule has 0 spiro atoms. The fraction of sp³-hybridized carbons (Fsp3) is 0.280. The zero-order valence-electron chi connectivity index (χ0n) is 16.6. The van der Waals surface area contributed by atoms with E-state index in [1.807, 2.05) is 67.6 Å². The fourth-order valence-electron chi connectivity index (χ4n) is 4.52. The van der Waals surface area contributed by atoms with E-state index in [0.29, 0.717) is 0 Å². The Morgan fingerprint density at radius 1 is 0.821 bits per heavy atom. The number of hydrogen-bond acceptors (Lipinski definition) is 3. The first-order chi connectivity index (χ1) is 13.5. The SMILES string of the molecule is COC(C)(OC)c1ccccc1C1(O)c2ccccc2CC1c1ccccc1. The molecule has 0 fully saturated rings. The van der Waals surface area contributed by atoms with E-state index in [0.717, 1.165) is 28.7 Å². The lowest BCUT2D eigenvalue weighted by Gasteiger charge is -2.37. The Hall–Kier alpha value is -2.46. The summed E-state index contributed by atoms with van der Waals surface area (Å²) in [5.74, 6) is -1.05. The van der Waals surface area contributed by atoms with E-state index in [1.54, 1.807) is 14.2 Å². The van der Waals surface area contributed by atoms with Crippen molar-refractivity contribution in [1.29, 1.82) is 0 Å². The molecule has 0 saturated heterocycles. The molecule has 144 valence electrons. The van der Waals surface area contributed by atoms with Crippen molar-refractivity contribution in [3.8, 4) is 0 Å². The summed E-state index contributed by atoms with van der Waals surface area (Å²) in [7, 11) is 3.25. The topological polar surface area (TPSA) is 38.7 Å². The Labute approximate surface area is 166 Å². The molecule has 3 aromatic rings. The molecule has 0 saturated carbocycles. The maximum atomic E-state index is 12.4.